The molecule has 1 heterocycles. The van der Waals surface area contributed by atoms with Gasteiger partial charge < -0.3 is 10.4 Å². The molecule has 116 valence electrons. The van der Waals surface area contributed by atoms with Crippen LogP contribution in [0.25, 0.3) is 10.9 Å². The Morgan fingerprint density at radius 3 is 2.86 bits per heavy atom. The van der Waals surface area contributed by atoms with Gasteiger partial charge in [0.1, 0.15) is 5.82 Å². The largest absolute Gasteiger partial charge is 0.465 e. The third-order valence-corrected chi connectivity index (χ3v) is 4.15. The fourth-order valence-electron chi connectivity index (χ4n) is 2.65. The van der Waals surface area contributed by atoms with Crippen LogP contribution >= 0.6 is 11.6 Å². The van der Waals surface area contributed by atoms with E-state index in [4.69, 9.17) is 16.7 Å². The van der Waals surface area contributed by atoms with Gasteiger partial charge in [0.25, 0.3) is 5.56 Å². The molecule has 1 aromatic carbocycles. The second kappa shape index (κ2) is 5.61. The van der Waals surface area contributed by atoms with Gasteiger partial charge in [-0.15, -0.1) is 0 Å². The fourth-order valence-corrected chi connectivity index (χ4v) is 2.90. The molecule has 0 radical (unpaired) electrons. The lowest BCUT2D eigenvalue weighted by molar-refractivity contribution is 0.188. The first-order valence-corrected chi connectivity index (χ1v) is 7.60. The number of fused-ring (bicyclic) bond motifs is 1. The molecule has 22 heavy (non-hydrogen) atoms. The number of rotatable bonds is 4. The van der Waals surface area contributed by atoms with Crippen molar-refractivity contribution in [2.24, 2.45) is 0 Å². The molecule has 1 aliphatic carbocycles. The summed E-state index contributed by atoms with van der Waals surface area (Å²) < 4.78 is 1.61. The van der Waals surface area contributed by atoms with Gasteiger partial charge in [-0.25, -0.2) is 9.78 Å². The lowest BCUT2D eigenvalue weighted by Gasteiger charge is -2.20. The summed E-state index contributed by atoms with van der Waals surface area (Å²) in [4.78, 5) is 28.4. The van der Waals surface area contributed by atoms with Gasteiger partial charge in [0.05, 0.1) is 22.0 Å². The third-order valence-electron chi connectivity index (χ3n) is 3.84. The van der Waals surface area contributed by atoms with Crippen LogP contribution < -0.4 is 10.9 Å². The van der Waals surface area contributed by atoms with Gasteiger partial charge in [0.2, 0.25) is 0 Å². The average molecular weight is 322 g/mol. The second-order valence-electron chi connectivity index (χ2n) is 5.42. The van der Waals surface area contributed by atoms with Crippen molar-refractivity contribution in [1.29, 1.82) is 0 Å². The van der Waals surface area contributed by atoms with Crippen molar-refractivity contribution in [3.63, 3.8) is 0 Å². The standard InChI is InChI=1S/C15H16ClN3O3/c1-2-10(18-15(21)22)13-17-11-5-3-4-9(16)12(11)14(20)19(13)8-6-7-8/h3-5,8,10,18H,2,6-7H2,1H3,(H,21,22)/t10-/m0/s1. The van der Waals surface area contributed by atoms with E-state index in [1.54, 1.807) is 22.8 Å². The average Bonchev–Trinajstić information content (AvgIpc) is 3.28. The lowest BCUT2D eigenvalue weighted by atomic mass is 10.1. The van der Waals surface area contributed by atoms with Crippen molar-refractivity contribution in [3.8, 4) is 0 Å². The van der Waals surface area contributed by atoms with E-state index in [1.807, 2.05) is 6.92 Å². The summed E-state index contributed by atoms with van der Waals surface area (Å²) in [6.07, 6.45) is 1.18. The molecule has 0 spiro atoms. The fraction of sp³-hybridized carbons (Fsp3) is 0.400. The predicted molar refractivity (Wildman–Crippen MR) is 83.5 cm³/mol. The van der Waals surface area contributed by atoms with E-state index in [2.05, 4.69) is 10.3 Å². The minimum absolute atomic E-state index is 0.0836. The van der Waals surface area contributed by atoms with Crippen LogP contribution in [0.4, 0.5) is 4.79 Å². The molecular formula is C15H16ClN3O3. The topological polar surface area (TPSA) is 84.2 Å². The van der Waals surface area contributed by atoms with Crippen LogP contribution in [0, 0.1) is 0 Å². The van der Waals surface area contributed by atoms with Crippen LogP contribution in [0.15, 0.2) is 23.0 Å². The second-order valence-corrected chi connectivity index (χ2v) is 5.83. The van der Waals surface area contributed by atoms with Crippen LogP contribution in [0.5, 0.6) is 0 Å². The molecule has 0 unspecified atom stereocenters. The molecule has 7 heteroatoms. The van der Waals surface area contributed by atoms with Gasteiger partial charge in [-0.2, -0.15) is 0 Å². The Balaban J connectivity index is 2.26. The highest BCUT2D eigenvalue weighted by Crippen LogP contribution is 2.36. The Morgan fingerprint density at radius 1 is 1.55 bits per heavy atom. The molecule has 2 aromatic rings. The van der Waals surface area contributed by atoms with Crippen LogP contribution in [0.1, 0.15) is 44.1 Å². The maximum Gasteiger partial charge on any atom is 0.405 e. The normalized spacial score (nSPS) is 15.7. The number of aromatic nitrogens is 2. The highest BCUT2D eigenvalue weighted by Gasteiger charge is 2.31. The molecular weight excluding hydrogens is 306 g/mol. The first kappa shape index (κ1) is 14.8. The molecule has 1 aliphatic rings. The Hall–Kier alpha value is -2.08. The van der Waals surface area contributed by atoms with Gasteiger partial charge in [0, 0.05) is 6.04 Å². The van der Waals surface area contributed by atoms with Crippen LogP contribution in [0.2, 0.25) is 5.02 Å². The van der Waals surface area contributed by atoms with E-state index in [0.717, 1.165) is 12.8 Å². The van der Waals surface area contributed by atoms with E-state index in [-0.39, 0.29) is 11.6 Å². The Labute approximate surface area is 131 Å². The van der Waals surface area contributed by atoms with E-state index < -0.39 is 12.1 Å². The summed E-state index contributed by atoms with van der Waals surface area (Å²) in [7, 11) is 0. The maximum atomic E-state index is 12.8. The predicted octanol–water partition coefficient (Wildman–Crippen LogP) is 3.10. The summed E-state index contributed by atoms with van der Waals surface area (Å²) in [6, 6.07) is 4.68. The number of halogens is 1. The molecule has 0 aliphatic heterocycles. The summed E-state index contributed by atoms with van der Waals surface area (Å²) in [5.41, 5.74) is 0.300. The number of amides is 1. The highest BCUT2D eigenvalue weighted by molar-refractivity contribution is 6.35. The van der Waals surface area contributed by atoms with Crippen molar-refractivity contribution >= 4 is 28.6 Å². The van der Waals surface area contributed by atoms with Crippen molar-refractivity contribution < 1.29 is 9.90 Å². The molecule has 0 saturated heterocycles. The van der Waals surface area contributed by atoms with Crippen molar-refractivity contribution in [3.05, 3.63) is 39.4 Å². The minimum Gasteiger partial charge on any atom is -0.465 e. The number of benzene rings is 1. The van der Waals surface area contributed by atoms with Gasteiger partial charge in [-0.1, -0.05) is 24.6 Å². The van der Waals surface area contributed by atoms with E-state index in [1.165, 1.54) is 0 Å². The molecule has 2 N–H and O–H groups in total. The van der Waals surface area contributed by atoms with E-state index in [9.17, 15) is 9.59 Å². The monoisotopic (exact) mass is 321 g/mol. The van der Waals surface area contributed by atoms with Crippen molar-refractivity contribution in [2.75, 3.05) is 0 Å². The molecule has 1 saturated carbocycles. The summed E-state index contributed by atoms with van der Waals surface area (Å²) in [5.74, 6) is 0.465. The SMILES string of the molecule is CC[C@H](NC(=O)O)c1nc2cccc(Cl)c2c(=O)n1C1CC1. The number of carbonyl (C=O) groups is 1. The number of nitrogens with one attached hydrogen (secondary N) is 1. The highest BCUT2D eigenvalue weighted by atomic mass is 35.5. The number of hydrogen-bond acceptors (Lipinski definition) is 3. The van der Waals surface area contributed by atoms with Gasteiger partial charge in [0.15, 0.2) is 0 Å². The summed E-state index contributed by atoms with van der Waals surface area (Å²) in [5, 5.41) is 12.2. The lowest BCUT2D eigenvalue weighted by Crippen LogP contribution is -2.34. The first-order chi connectivity index (χ1) is 10.5. The molecule has 6 nitrogen and oxygen atoms in total. The number of hydrogen-bond donors (Lipinski definition) is 2. The van der Waals surface area contributed by atoms with Gasteiger partial charge in [-0.05, 0) is 31.4 Å². The molecule has 1 fully saturated rings. The summed E-state index contributed by atoms with van der Waals surface area (Å²) in [6.45, 7) is 1.85. The number of carboxylic acid groups (broad SMARTS) is 1. The Bertz CT molecular complexity index is 798. The Kier molecular flexibility index (Phi) is 3.78. The van der Waals surface area contributed by atoms with Crippen LogP contribution in [-0.2, 0) is 0 Å². The molecule has 1 aromatic heterocycles. The van der Waals surface area contributed by atoms with Crippen molar-refractivity contribution in [1.82, 2.24) is 14.9 Å². The Morgan fingerprint density at radius 2 is 2.27 bits per heavy atom. The van der Waals surface area contributed by atoms with Crippen molar-refractivity contribution in [2.45, 2.75) is 38.3 Å². The quantitative estimate of drug-likeness (QED) is 0.906. The maximum absolute atomic E-state index is 12.8. The van der Waals surface area contributed by atoms with Crippen LogP contribution in [-0.4, -0.2) is 20.8 Å². The third kappa shape index (κ3) is 2.54. The van der Waals surface area contributed by atoms with Crippen LogP contribution in [0.3, 0.4) is 0 Å². The zero-order valence-electron chi connectivity index (χ0n) is 12.0. The van der Waals surface area contributed by atoms with Gasteiger partial charge >= 0.3 is 6.09 Å². The smallest absolute Gasteiger partial charge is 0.405 e. The van der Waals surface area contributed by atoms with E-state index in [0.29, 0.717) is 28.2 Å². The molecule has 1 atom stereocenters. The zero-order chi connectivity index (χ0) is 15.9. The molecule has 0 bridgehead atoms. The van der Waals surface area contributed by atoms with Gasteiger partial charge in [-0.3, -0.25) is 9.36 Å². The molecule has 1 amide bonds. The molecule has 3 rings (SSSR count). The first-order valence-electron chi connectivity index (χ1n) is 7.23. The minimum atomic E-state index is -1.13. The number of nitrogens with zero attached hydrogens (tertiary/aromatic N) is 2. The zero-order valence-corrected chi connectivity index (χ0v) is 12.8. The summed E-state index contributed by atoms with van der Waals surface area (Å²) >= 11 is 6.15. The van der Waals surface area contributed by atoms with E-state index >= 15 is 0 Å².